The van der Waals surface area contributed by atoms with Crippen molar-refractivity contribution < 1.29 is 4.74 Å². The maximum atomic E-state index is 5.13. The van der Waals surface area contributed by atoms with E-state index in [0.29, 0.717) is 0 Å². The number of ether oxygens (including phenoxy) is 1. The summed E-state index contributed by atoms with van der Waals surface area (Å²) >= 11 is 0. The summed E-state index contributed by atoms with van der Waals surface area (Å²) in [6.07, 6.45) is 1.75. The van der Waals surface area contributed by atoms with E-state index in [-0.39, 0.29) is 6.04 Å². The van der Waals surface area contributed by atoms with Crippen molar-refractivity contribution in [2.45, 2.75) is 6.04 Å². The molecule has 2 N–H and O–H groups in total. The molecule has 1 aromatic carbocycles. The SMILES string of the molecule is CNC(c1ccc(OC)cc1)c1ccn[nH]1. The van der Waals surface area contributed by atoms with Crippen molar-refractivity contribution >= 4 is 0 Å². The average molecular weight is 217 g/mol. The van der Waals surface area contributed by atoms with Crippen molar-refractivity contribution in [3.63, 3.8) is 0 Å². The van der Waals surface area contributed by atoms with E-state index in [0.717, 1.165) is 11.4 Å². The highest BCUT2D eigenvalue weighted by Crippen LogP contribution is 2.21. The summed E-state index contributed by atoms with van der Waals surface area (Å²) in [5.41, 5.74) is 2.22. The van der Waals surface area contributed by atoms with Crippen LogP contribution < -0.4 is 10.1 Å². The van der Waals surface area contributed by atoms with Gasteiger partial charge in [-0.25, -0.2) is 0 Å². The van der Waals surface area contributed by atoms with E-state index in [1.807, 2.05) is 37.4 Å². The number of aromatic amines is 1. The molecule has 4 heteroatoms. The molecule has 0 saturated carbocycles. The molecule has 4 nitrogen and oxygen atoms in total. The number of hydrogen-bond donors (Lipinski definition) is 2. The van der Waals surface area contributed by atoms with Gasteiger partial charge < -0.3 is 10.1 Å². The summed E-state index contributed by atoms with van der Waals surface area (Å²) in [4.78, 5) is 0. The lowest BCUT2D eigenvalue weighted by molar-refractivity contribution is 0.414. The Kier molecular flexibility index (Phi) is 3.22. The Bertz CT molecular complexity index is 422. The lowest BCUT2D eigenvalue weighted by Crippen LogP contribution is -2.17. The average Bonchev–Trinajstić information content (AvgIpc) is 2.85. The zero-order valence-corrected chi connectivity index (χ0v) is 9.40. The minimum absolute atomic E-state index is 0.133. The molecule has 1 aromatic heterocycles. The third-order valence-corrected chi connectivity index (χ3v) is 2.57. The van der Waals surface area contributed by atoms with Crippen LogP contribution in [0.2, 0.25) is 0 Å². The molecule has 0 amide bonds. The largest absolute Gasteiger partial charge is 0.497 e. The number of methoxy groups -OCH3 is 1. The number of hydrogen-bond acceptors (Lipinski definition) is 3. The third kappa shape index (κ3) is 2.06. The molecule has 1 heterocycles. The quantitative estimate of drug-likeness (QED) is 0.820. The Hall–Kier alpha value is -1.81. The lowest BCUT2D eigenvalue weighted by atomic mass is 10.0. The van der Waals surface area contributed by atoms with Gasteiger partial charge >= 0.3 is 0 Å². The van der Waals surface area contributed by atoms with Gasteiger partial charge in [0.2, 0.25) is 0 Å². The molecule has 0 aliphatic carbocycles. The molecular weight excluding hydrogens is 202 g/mol. The van der Waals surface area contributed by atoms with Crippen LogP contribution in [0.5, 0.6) is 5.75 Å². The highest BCUT2D eigenvalue weighted by Gasteiger charge is 2.12. The zero-order valence-electron chi connectivity index (χ0n) is 9.40. The number of benzene rings is 1. The van der Waals surface area contributed by atoms with Crippen LogP contribution in [0.4, 0.5) is 0 Å². The van der Waals surface area contributed by atoms with Gasteiger partial charge in [-0.3, -0.25) is 5.10 Å². The van der Waals surface area contributed by atoms with Gasteiger partial charge in [-0.05, 0) is 30.8 Å². The first kappa shape index (κ1) is 10.7. The maximum Gasteiger partial charge on any atom is 0.118 e. The Morgan fingerprint density at radius 2 is 2.00 bits per heavy atom. The first-order chi connectivity index (χ1) is 7.85. The summed E-state index contributed by atoms with van der Waals surface area (Å²) in [7, 11) is 3.59. The van der Waals surface area contributed by atoms with Gasteiger partial charge in [-0.1, -0.05) is 12.1 Å². The molecule has 0 spiro atoms. The van der Waals surface area contributed by atoms with Crippen LogP contribution in [0.3, 0.4) is 0 Å². The fourth-order valence-electron chi connectivity index (χ4n) is 1.73. The molecule has 1 atom stereocenters. The van der Waals surface area contributed by atoms with Gasteiger partial charge in [0.25, 0.3) is 0 Å². The minimum atomic E-state index is 0.133. The Morgan fingerprint density at radius 1 is 1.25 bits per heavy atom. The molecule has 16 heavy (non-hydrogen) atoms. The Morgan fingerprint density at radius 3 is 2.50 bits per heavy atom. The van der Waals surface area contributed by atoms with E-state index in [4.69, 9.17) is 4.74 Å². The summed E-state index contributed by atoms with van der Waals surface area (Å²) in [5, 5.41) is 10.2. The summed E-state index contributed by atoms with van der Waals surface area (Å²) in [6.45, 7) is 0. The predicted octanol–water partition coefficient (Wildman–Crippen LogP) is 1.73. The van der Waals surface area contributed by atoms with E-state index in [9.17, 15) is 0 Å². The van der Waals surface area contributed by atoms with E-state index < -0.39 is 0 Å². The molecule has 2 aromatic rings. The van der Waals surface area contributed by atoms with E-state index in [1.54, 1.807) is 13.3 Å². The third-order valence-electron chi connectivity index (χ3n) is 2.57. The van der Waals surface area contributed by atoms with Crippen LogP contribution in [0.15, 0.2) is 36.5 Å². The molecule has 0 aliphatic heterocycles. The van der Waals surface area contributed by atoms with Crippen LogP contribution in [0.1, 0.15) is 17.3 Å². The van der Waals surface area contributed by atoms with Crippen molar-refractivity contribution in [1.29, 1.82) is 0 Å². The van der Waals surface area contributed by atoms with Crippen LogP contribution >= 0.6 is 0 Å². The maximum absolute atomic E-state index is 5.13. The zero-order chi connectivity index (χ0) is 11.4. The lowest BCUT2D eigenvalue weighted by Gasteiger charge is -2.15. The molecule has 84 valence electrons. The second-order valence-corrected chi connectivity index (χ2v) is 3.51. The molecule has 0 saturated heterocycles. The van der Waals surface area contributed by atoms with E-state index >= 15 is 0 Å². The highest BCUT2D eigenvalue weighted by atomic mass is 16.5. The predicted molar refractivity (Wildman–Crippen MR) is 62.5 cm³/mol. The summed E-state index contributed by atoms with van der Waals surface area (Å²) < 4.78 is 5.13. The van der Waals surface area contributed by atoms with Gasteiger partial charge in [0.15, 0.2) is 0 Å². The number of nitrogens with one attached hydrogen (secondary N) is 2. The smallest absolute Gasteiger partial charge is 0.118 e. The second kappa shape index (κ2) is 4.81. The fraction of sp³-hybridized carbons (Fsp3) is 0.250. The number of nitrogens with zero attached hydrogens (tertiary/aromatic N) is 1. The standard InChI is InChI=1S/C12H15N3O/c1-13-12(11-7-8-14-15-11)9-3-5-10(16-2)6-4-9/h3-8,12-13H,1-2H3,(H,14,15). The number of H-pyrrole nitrogens is 1. The van der Waals surface area contributed by atoms with Crippen LogP contribution in [0, 0.1) is 0 Å². The van der Waals surface area contributed by atoms with Crippen molar-refractivity contribution in [1.82, 2.24) is 15.5 Å². The van der Waals surface area contributed by atoms with E-state index in [1.165, 1.54) is 5.56 Å². The summed E-state index contributed by atoms with van der Waals surface area (Å²) in [5.74, 6) is 0.864. The van der Waals surface area contributed by atoms with Crippen molar-refractivity contribution in [3.8, 4) is 5.75 Å². The van der Waals surface area contributed by atoms with Gasteiger partial charge in [0, 0.05) is 6.20 Å². The molecule has 2 rings (SSSR count). The normalized spacial score (nSPS) is 12.4. The summed E-state index contributed by atoms with van der Waals surface area (Å²) in [6, 6.07) is 10.1. The fourth-order valence-corrected chi connectivity index (χ4v) is 1.73. The van der Waals surface area contributed by atoms with Crippen LogP contribution in [-0.4, -0.2) is 24.4 Å². The molecule has 0 radical (unpaired) electrons. The highest BCUT2D eigenvalue weighted by molar-refractivity contribution is 5.32. The molecular formula is C12H15N3O. The van der Waals surface area contributed by atoms with E-state index in [2.05, 4.69) is 15.5 Å². The van der Waals surface area contributed by atoms with Crippen molar-refractivity contribution in [2.75, 3.05) is 14.2 Å². The van der Waals surface area contributed by atoms with Crippen LogP contribution in [-0.2, 0) is 0 Å². The van der Waals surface area contributed by atoms with Crippen molar-refractivity contribution in [3.05, 3.63) is 47.8 Å². The second-order valence-electron chi connectivity index (χ2n) is 3.51. The number of rotatable bonds is 4. The topological polar surface area (TPSA) is 49.9 Å². The first-order valence-electron chi connectivity index (χ1n) is 5.15. The first-order valence-corrected chi connectivity index (χ1v) is 5.15. The van der Waals surface area contributed by atoms with Gasteiger partial charge in [0.05, 0.1) is 18.8 Å². The van der Waals surface area contributed by atoms with Gasteiger partial charge in [0.1, 0.15) is 5.75 Å². The van der Waals surface area contributed by atoms with Gasteiger partial charge in [-0.15, -0.1) is 0 Å². The molecule has 1 unspecified atom stereocenters. The Balaban J connectivity index is 2.27. The Labute approximate surface area is 94.6 Å². The van der Waals surface area contributed by atoms with Crippen LogP contribution in [0.25, 0.3) is 0 Å². The molecule has 0 bridgehead atoms. The molecule has 0 aliphatic rings. The van der Waals surface area contributed by atoms with Crippen molar-refractivity contribution in [2.24, 2.45) is 0 Å². The monoisotopic (exact) mass is 217 g/mol. The minimum Gasteiger partial charge on any atom is -0.497 e. The van der Waals surface area contributed by atoms with Gasteiger partial charge in [-0.2, -0.15) is 5.10 Å². The molecule has 0 fully saturated rings. The number of aromatic nitrogens is 2.